The van der Waals surface area contributed by atoms with Gasteiger partial charge < -0.3 is 15.3 Å². The van der Waals surface area contributed by atoms with Crippen LogP contribution in [0.2, 0.25) is 0 Å². The third kappa shape index (κ3) is 5.53. The minimum absolute atomic E-state index is 0.0583. The van der Waals surface area contributed by atoms with Gasteiger partial charge >= 0.3 is 0 Å². The molecule has 0 saturated heterocycles. The van der Waals surface area contributed by atoms with Crippen LogP contribution in [-0.4, -0.2) is 36.0 Å². The molecule has 29 heavy (non-hydrogen) atoms. The summed E-state index contributed by atoms with van der Waals surface area (Å²) in [4.78, 5) is 27.4. The molecule has 0 aromatic heterocycles. The van der Waals surface area contributed by atoms with E-state index in [-0.39, 0.29) is 18.2 Å². The maximum atomic E-state index is 12.8. The highest BCUT2D eigenvalue weighted by molar-refractivity contribution is 6.14. The van der Waals surface area contributed by atoms with Gasteiger partial charge in [-0.15, -0.1) is 0 Å². The summed E-state index contributed by atoms with van der Waals surface area (Å²) in [5.41, 5.74) is 2.32. The molecule has 0 heterocycles. The zero-order chi connectivity index (χ0) is 20.6. The maximum absolute atomic E-state index is 12.8. The van der Waals surface area contributed by atoms with Crippen molar-refractivity contribution in [3.63, 3.8) is 0 Å². The van der Waals surface area contributed by atoms with Gasteiger partial charge in [-0.3, -0.25) is 9.59 Å². The van der Waals surface area contributed by atoms with E-state index in [0.29, 0.717) is 23.4 Å². The lowest BCUT2D eigenvalue weighted by atomic mass is 10.0. The average Bonchev–Trinajstić information content (AvgIpc) is 2.74. The second-order valence-electron chi connectivity index (χ2n) is 6.85. The van der Waals surface area contributed by atoms with Crippen molar-refractivity contribution in [2.45, 2.75) is 13.0 Å². The molecule has 148 valence electrons. The van der Waals surface area contributed by atoms with Gasteiger partial charge in [-0.05, 0) is 31.2 Å². The summed E-state index contributed by atoms with van der Waals surface area (Å²) < 4.78 is 0. The van der Waals surface area contributed by atoms with Crippen molar-refractivity contribution >= 4 is 23.1 Å². The first-order valence-corrected chi connectivity index (χ1v) is 9.51. The molecular formula is C24H24N2O3. The van der Waals surface area contributed by atoms with E-state index in [9.17, 15) is 14.7 Å². The first-order valence-electron chi connectivity index (χ1n) is 9.51. The predicted octanol–water partition coefficient (Wildman–Crippen LogP) is 3.74. The molecule has 0 bridgehead atoms. The van der Waals surface area contributed by atoms with Gasteiger partial charge in [-0.2, -0.15) is 0 Å². The number of nitrogens with one attached hydrogen (secondary N) is 1. The van der Waals surface area contributed by atoms with E-state index in [0.717, 1.165) is 5.69 Å². The first-order chi connectivity index (χ1) is 14.0. The molecule has 0 radical (unpaired) electrons. The number of nitrogens with zero attached hydrogens (tertiary/aromatic N) is 1. The molecule has 1 unspecified atom stereocenters. The molecule has 3 rings (SSSR count). The number of aliphatic hydroxyl groups is 1. The summed E-state index contributed by atoms with van der Waals surface area (Å²) in [7, 11) is 0. The van der Waals surface area contributed by atoms with Crippen LogP contribution in [0, 0.1) is 0 Å². The molecule has 2 N–H and O–H groups in total. The Morgan fingerprint density at radius 3 is 2.14 bits per heavy atom. The Labute approximate surface area is 170 Å². The van der Waals surface area contributed by atoms with E-state index in [1.807, 2.05) is 53.4 Å². The third-order valence-corrected chi connectivity index (χ3v) is 4.42. The predicted molar refractivity (Wildman–Crippen MR) is 115 cm³/mol. The van der Waals surface area contributed by atoms with Gasteiger partial charge in [0.05, 0.1) is 18.3 Å². The lowest BCUT2D eigenvalue weighted by Crippen LogP contribution is -2.38. The quantitative estimate of drug-likeness (QED) is 0.577. The van der Waals surface area contributed by atoms with E-state index >= 15 is 0 Å². The summed E-state index contributed by atoms with van der Waals surface area (Å²) in [6.07, 6.45) is -0.588. The first kappa shape index (κ1) is 20.3. The van der Waals surface area contributed by atoms with E-state index in [1.54, 1.807) is 43.3 Å². The van der Waals surface area contributed by atoms with Gasteiger partial charge in [-0.1, -0.05) is 60.7 Å². The molecule has 0 aliphatic rings. The van der Waals surface area contributed by atoms with Gasteiger partial charge in [0.1, 0.15) is 0 Å². The molecule has 0 aliphatic carbocycles. The summed E-state index contributed by atoms with van der Waals surface area (Å²) in [5.74, 6) is -0.409. The van der Waals surface area contributed by atoms with Crippen molar-refractivity contribution in [1.82, 2.24) is 0 Å². The van der Waals surface area contributed by atoms with Crippen LogP contribution in [0.5, 0.6) is 0 Å². The van der Waals surface area contributed by atoms with E-state index in [4.69, 9.17) is 0 Å². The van der Waals surface area contributed by atoms with E-state index in [1.165, 1.54) is 0 Å². The molecule has 1 atom stereocenters. The third-order valence-electron chi connectivity index (χ3n) is 4.42. The van der Waals surface area contributed by atoms with Gasteiger partial charge in [0.2, 0.25) is 5.91 Å². The van der Waals surface area contributed by atoms with Crippen LogP contribution in [0.4, 0.5) is 11.4 Å². The van der Waals surface area contributed by atoms with E-state index < -0.39 is 6.10 Å². The number of amides is 1. The Balaban J connectivity index is 1.77. The number of anilines is 2. The largest absolute Gasteiger partial charge is 0.392 e. The number of benzene rings is 3. The lowest BCUT2D eigenvalue weighted by molar-refractivity contribution is -0.115. The second-order valence-corrected chi connectivity index (χ2v) is 6.85. The summed E-state index contributed by atoms with van der Waals surface area (Å²) in [6, 6.07) is 25.4. The molecule has 5 nitrogen and oxygen atoms in total. The number of ketones is 1. The van der Waals surface area contributed by atoms with Crippen LogP contribution in [0.1, 0.15) is 22.8 Å². The Kier molecular flexibility index (Phi) is 6.76. The average molecular weight is 388 g/mol. The van der Waals surface area contributed by atoms with Crippen LogP contribution in [0.25, 0.3) is 0 Å². The zero-order valence-corrected chi connectivity index (χ0v) is 16.3. The van der Waals surface area contributed by atoms with Crippen molar-refractivity contribution in [3.05, 3.63) is 96.1 Å². The number of rotatable bonds is 8. The summed E-state index contributed by atoms with van der Waals surface area (Å²) >= 11 is 0. The van der Waals surface area contributed by atoms with Crippen molar-refractivity contribution in [2.75, 3.05) is 23.3 Å². The van der Waals surface area contributed by atoms with Gasteiger partial charge in [0, 0.05) is 23.4 Å². The minimum Gasteiger partial charge on any atom is -0.392 e. The zero-order valence-electron chi connectivity index (χ0n) is 16.3. The van der Waals surface area contributed by atoms with Crippen molar-refractivity contribution in [2.24, 2.45) is 0 Å². The number of aliphatic hydroxyl groups excluding tert-OH is 1. The highest BCUT2D eigenvalue weighted by Crippen LogP contribution is 2.20. The van der Waals surface area contributed by atoms with Gasteiger partial charge in [0.15, 0.2) is 5.78 Å². The number of carbonyl (C=O) groups is 2. The molecule has 3 aromatic carbocycles. The Hall–Kier alpha value is -3.44. The van der Waals surface area contributed by atoms with Crippen LogP contribution in [-0.2, 0) is 4.79 Å². The monoisotopic (exact) mass is 388 g/mol. The summed E-state index contributed by atoms with van der Waals surface area (Å²) in [6.45, 7) is 2.06. The normalized spacial score (nSPS) is 11.5. The lowest BCUT2D eigenvalue weighted by Gasteiger charge is -2.25. The fourth-order valence-electron chi connectivity index (χ4n) is 3.12. The van der Waals surface area contributed by atoms with Crippen LogP contribution in [0.3, 0.4) is 0 Å². The van der Waals surface area contributed by atoms with Crippen LogP contribution < -0.4 is 10.2 Å². The topological polar surface area (TPSA) is 69.6 Å². The number of hydrogen-bond acceptors (Lipinski definition) is 4. The van der Waals surface area contributed by atoms with Gasteiger partial charge in [0.25, 0.3) is 0 Å². The minimum atomic E-state index is -0.588. The molecule has 0 saturated carbocycles. The Morgan fingerprint density at radius 2 is 1.48 bits per heavy atom. The fraction of sp³-hybridized carbons (Fsp3) is 0.167. The standard InChI is InChI=1S/C24H24N2O3/c1-18(27)16-26(20-12-6-3-7-13-20)17-23(28)25-22-15-9-8-14-21(22)24(29)19-10-4-2-5-11-19/h2-15,18,27H,16-17H2,1H3,(H,25,28). The molecule has 0 aliphatic heterocycles. The van der Waals surface area contributed by atoms with Crippen molar-refractivity contribution in [3.8, 4) is 0 Å². The molecule has 0 spiro atoms. The number of para-hydroxylation sites is 2. The highest BCUT2D eigenvalue weighted by Gasteiger charge is 2.17. The SMILES string of the molecule is CC(O)CN(CC(=O)Nc1ccccc1C(=O)c1ccccc1)c1ccccc1. The molecule has 0 fully saturated rings. The Morgan fingerprint density at radius 1 is 0.897 bits per heavy atom. The smallest absolute Gasteiger partial charge is 0.243 e. The van der Waals surface area contributed by atoms with Gasteiger partial charge in [-0.25, -0.2) is 0 Å². The number of hydrogen-bond donors (Lipinski definition) is 2. The second kappa shape index (κ2) is 9.66. The number of carbonyl (C=O) groups excluding carboxylic acids is 2. The van der Waals surface area contributed by atoms with Crippen molar-refractivity contribution in [1.29, 1.82) is 0 Å². The maximum Gasteiger partial charge on any atom is 0.243 e. The van der Waals surface area contributed by atoms with Crippen LogP contribution in [0.15, 0.2) is 84.9 Å². The van der Waals surface area contributed by atoms with Crippen molar-refractivity contribution < 1.29 is 14.7 Å². The summed E-state index contributed by atoms with van der Waals surface area (Å²) in [5, 5.41) is 12.7. The highest BCUT2D eigenvalue weighted by atomic mass is 16.3. The molecular weight excluding hydrogens is 364 g/mol. The molecule has 3 aromatic rings. The van der Waals surface area contributed by atoms with Crippen LogP contribution >= 0.6 is 0 Å². The molecule has 1 amide bonds. The van der Waals surface area contributed by atoms with E-state index in [2.05, 4.69) is 5.32 Å². The fourth-order valence-corrected chi connectivity index (χ4v) is 3.12. The molecule has 5 heteroatoms. The Bertz CT molecular complexity index is 956.